The van der Waals surface area contributed by atoms with E-state index < -0.39 is 0 Å². The van der Waals surface area contributed by atoms with Crippen LogP contribution in [0, 0.1) is 0 Å². The summed E-state index contributed by atoms with van der Waals surface area (Å²) >= 11 is 0. The molecule has 4 nitrogen and oxygen atoms in total. The minimum Gasteiger partial charge on any atom is -0.362 e. The predicted molar refractivity (Wildman–Crippen MR) is 39.0 cm³/mol. The van der Waals surface area contributed by atoms with Gasteiger partial charge in [-0.25, -0.2) is 0 Å². The van der Waals surface area contributed by atoms with Crippen molar-refractivity contribution in [2.24, 2.45) is 0 Å². The van der Waals surface area contributed by atoms with Crippen molar-refractivity contribution in [1.29, 1.82) is 0 Å². The molecule has 2 saturated heterocycles. The molecule has 0 aliphatic carbocycles. The molecule has 2 heterocycles. The Morgan fingerprint density at radius 2 is 2.27 bits per heavy atom. The molecule has 2 aliphatic heterocycles. The lowest BCUT2D eigenvalue weighted by Crippen LogP contribution is -2.52. The maximum absolute atomic E-state index is 10.2. The summed E-state index contributed by atoms with van der Waals surface area (Å²) in [6.07, 6.45) is 1.65. The Kier molecular flexibility index (Phi) is 1.89. The molecule has 3 unspecified atom stereocenters. The van der Waals surface area contributed by atoms with E-state index in [9.17, 15) is 4.79 Å². The molecule has 2 fully saturated rings. The zero-order valence-electron chi connectivity index (χ0n) is 6.17. The van der Waals surface area contributed by atoms with Crippen LogP contribution in [0.25, 0.3) is 0 Å². The van der Waals surface area contributed by atoms with Gasteiger partial charge in [-0.1, -0.05) is 0 Å². The SMILES string of the molecule is O=[C]C1CNC2CNCC2O1. The lowest BCUT2D eigenvalue weighted by molar-refractivity contribution is -0.0105. The Morgan fingerprint density at radius 1 is 1.36 bits per heavy atom. The van der Waals surface area contributed by atoms with Crippen LogP contribution in [0.3, 0.4) is 0 Å². The van der Waals surface area contributed by atoms with Crippen LogP contribution in [-0.2, 0) is 9.53 Å². The lowest BCUT2D eigenvalue weighted by Gasteiger charge is -2.29. The molecule has 61 valence electrons. The molecule has 3 atom stereocenters. The summed E-state index contributed by atoms with van der Waals surface area (Å²) < 4.78 is 5.41. The molecular formula is C7H11N2O2. The standard InChI is InChI=1S/C7H11N2O2/c10-4-5-1-9-6-2-8-3-7(6)11-5/h5-9H,1-3H2. The van der Waals surface area contributed by atoms with Crippen LogP contribution in [0.1, 0.15) is 0 Å². The molecule has 0 aromatic heterocycles. The minimum atomic E-state index is -0.365. The second kappa shape index (κ2) is 2.89. The third kappa shape index (κ3) is 1.29. The topological polar surface area (TPSA) is 50.4 Å². The Labute approximate surface area is 65.3 Å². The summed E-state index contributed by atoms with van der Waals surface area (Å²) in [6, 6.07) is 0.389. The van der Waals surface area contributed by atoms with Crippen LogP contribution in [0.15, 0.2) is 0 Å². The van der Waals surface area contributed by atoms with Crippen LogP contribution in [-0.4, -0.2) is 44.2 Å². The minimum absolute atomic E-state index is 0.162. The van der Waals surface area contributed by atoms with Crippen molar-refractivity contribution in [3.05, 3.63) is 0 Å². The van der Waals surface area contributed by atoms with Gasteiger partial charge in [-0.05, 0) is 0 Å². The molecule has 0 spiro atoms. The van der Waals surface area contributed by atoms with Gasteiger partial charge in [0.25, 0.3) is 0 Å². The van der Waals surface area contributed by atoms with E-state index in [4.69, 9.17) is 4.74 Å². The van der Waals surface area contributed by atoms with E-state index in [2.05, 4.69) is 10.6 Å². The number of fused-ring (bicyclic) bond motifs is 1. The quantitative estimate of drug-likeness (QED) is 0.480. The van der Waals surface area contributed by atoms with Crippen molar-refractivity contribution in [3.8, 4) is 0 Å². The summed E-state index contributed by atoms with van der Waals surface area (Å²) in [5.41, 5.74) is 0. The Hall–Kier alpha value is -0.450. The van der Waals surface area contributed by atoms with Gasteiger partial charge >= 0.3 is 0 Å². The molecule has 1 radical (unpaired) electrons. The number of carbonyl (C=O) groups excluding carboxylic acids is 1. The van der Waals surface area contributed by atoms with Gasteiger partial charge in [-0.2, -0.15) is 0 Å². The third-order valence-electron chi connectivity index (χ3n) is 2.19. The van der Waals surface area contributed by atoms with Crippen molar-refractivity contribution in [2.75, 3.05) is 19.6 Å². The average Bonchev–Trinajstić information content (AvgIpc) is 2.50. The molecule has 2 aliphatic rings. The summed E-state index contributed by atoms with van der Waals surface area (Å²) in [6.45, 7) is 2.39. The Bertz CT molecular complexity index is 163. The first-order chi connectivity index (χ1) is 5.40. The Morgan fingerprint density at radius 3 is 3.09 bits per heavy atom. The molecule has 0 bridgehead atoms. The maximum atomic E-state index is 10.2. The predicted octanol–water partition coefficient (Wildman–Crippen LogP) is -1.58. The van der Waals surface area contributed by atoms with Crippen LogP contribution < -0.4 is 10.6 Å². The molecule has 11 heavy (non-hydrogen) atoms. The second-order valence-corrected chi connectivity index (χ2v) is 2.95. The molecule has 0 saturated carbocycles. The Balaban J connectivity index is 1.96. The summed E-state index contributed by atoms with van der Waals surface area (Å²) in [7, 11) is 0. The van der Waals surface area contributed by atoms with E-state index in [1.54, 1.807) is 0 Å². The van der Waals surface area contributed by atoms with E-state index in [-0.39, 0.29) is 12.2 Å². The highest BCUT2D eigenvalue weighted by Gasteiger charge is 2.34. The average molecular weight is 155 g/mol. The fourth-order valence-corrected chi connectivity index (χ4v) is 1.59. The van der Waals surface area contributed by atoms with Gasteiger partial charge in [0.2, 0.25) is 6.29 Å². The third-order valence-corrected chi connectivity index (χ3v) is 2.19. The molecule has 0 aromatic carbocycles. The highest BCUT2D eigenvalue weighted by atomic mass is 16.5. The normalized spacial score (nSPS) is 43.5. The first-order valence-corrected chi connectivity index (χ1v) is 3.87. The number of morpholine rings is 1. The number of rotatable bonds is 1. The first-order valence-electron chi connectivity index (χ1n) is 3.87. The first kappa shape index (κ1) is 7.21. The zero-order valence-corrected chi connectivity index (χ0v) is 6.17. The fraction of sp³-hybridized carbons (Fsp3) is 0.857. The monoisotopic (exact) mass is 155 g/mol. The van der Waals surface area contributed by atoms with Crippen molar-refractivity contribution < 1.29 is 9.53 Å². The number of hydrogen-bond acceptors (Lipinski definition) is 4. The van der Waals surface area contributed by atoms with Gasteiger partial charge in [0.05, 0.1) is 6.10 Å². The molecule has 2 rings (SSSR count). The van der Waals surface area contributed by atoms with Gasteiger partial charge in [0.1, 0.15) is 6.10 Å². The van der Waals surface area contributed by atoms with Gasteiger partial charge in [-0.15, -0.1) is 0 Å². The van der Waals surface area contributed by atoms with Crippen LogP contribution in [0.2, 0.25) is 0 Å². The highest BCUT2D eigenvalue weighted by Crippen LogP contribution is 2.11. The van der Waals surface area contributed by atoms with Crippen molar-refractivity contribution in [3.63, 3.8) is 0 Å². The van der Waals surface area contributed by atoms with Crippen molar-refractivity contribution in [1.82, 2.24) is 10.6 Å². The fourth-order valence-electron chi connectivity index (χ4n) is 1.59. The van der Waals surface area contributed by atoms with Gasteiger partial charge in [-0.3, -0.25) is 4.79 Å². The summed E-state index contributed by atoms with van der Waals surface area (Å²) in [4.78, 5) is 10.2. The second-order valence-electron chi connectivity index (χ2n) is 2.95. The molecular weight excluding hydrogens is 144 g/mol. The zero-order chi connectivity index (χ0) is 7.68. The smallest absolute Gasteiger partial charge is 0.231 e. The number of hydrogen-bond donors (Lipinski definition) is 2. The van der Waals surface area contributed by atoms with Gasteiger partial charge < -0.3 is 15.4 Å². The van der Waals surface area contributed by atoms with Crippen LogP contribution in [0.5, 0.6) is 0 Å². The van der Waals surface area contributed by atoms with Gasteiger partial charge in [0.15, 0.2) is 0 Å². The van der Waals surface area contributed by atoms with Crippen molar-refractivity contribution in [2.45, 2.75) is 18.2 Å². The largest absolute Gasteiger partial charge is 0.362 e. The molecule has 4 heteroatoms. The lowest BCUT2D eigenvalue weighted by atomic mass is 10.1. The summed E-state index contributed by atoms with van der Waals surface area (Å²) in [5.74, 6) is 0. The van der Waals surface area contributed by atoms with Crippen molar-refractivity contribution >= 4 is 6.29 Å². The van der Waals surface area contributed by atoms with E-state index in [1.165, 1.54) is 0 Å². The van der Waals surface area contributed by atoms with Gasteiger partial charge in [0, 0.05) is 25.7 Å². The van der Waals surface area contributed by atoms with Crippen LogP contribution >= 0.6 is 0 Å². The van der Waals surface area contributed by atoms with Crippen LogP contribution in [0.4, 0.5) is 0 Å². The van der Waals surface area contributed by atoms with E-state index in [0.717, 1.165) is 13.1 Å². The van der Waals surface area contributed by atoms with E-state index in [1.807, 2.05) is 6.29 Å². The maximum Gasteiger partial charge on any atom is 0.231 e. The molecule has 0 aromatic rings. The van der Waals surface area contributed by atoms with E-state index >= 15 is 0 Å². The number of nitrogens with one attached hydrogen (secondary N) is 2. The highest BCUT2D eigenvalue weighted by molar-refractivity contribution is 5.57. The molecule has 2 N–H and O–H groups in total. The molecule has 0 amide bonds. The summed E-state index contributed by atoms with van der Waals surface area (Å²) in [5, 5.41) is 6.42. The number of ether oxygens (including phenoxy) is 1. The van der Waals surface area contributed by atoms with E-state index in [0.29, 0.717) is 12.6 Å².